The normalized spacial score (nSPS) is 33.0. The molecule has 2 fully saturated rings. The lowest BCUT2D eigenvalue weighted by atomic mass is 9.96. The maximum absolute atomic E-state index is 12.0. The Kier molecular flexibility index (Phi) is 4.13. The zero-order valence-electron chi connectivity index (χ0n) is 13.2. The zero-order valence-corrected chi connectivity index (χ0v) is 14.0. The molecule has 4 atom stereocenters. The van der Waals surface area contributed by atoms with Gasteiger partial charge in [0.15, 0.2) is 0 Å². The Bertz CT molecular complexity index is 622. The molecule has 0 aromatic carbocycles. The van der Waals surface area contributed by atoms with Crippen molar-refractivity contribution in [3.8, 4) is 5.75 Å². The number of pyridine rings is 1. The second-order valence-electron chi connectivity index (χ2n) is 6.38. The van der Waals surface area contributed by atoms with Gasteiger partial charge in [0.05, 0.1) is 19.1 Å². The molecule has 0 amide bonds. The number of ether oxygens (including phenoxy) is 1. The Labute approximate surface area is 132 Å². The van der Waals surface area contributed by atoms with Crippen molar-refractivity contribution in [1.29, 1.82) is 0 Å². The molecular weight excluding hydrogens is 302 g/mol. The van der Waals surface area contributed by atoms with Crippen LogP contribution in [0.25, 0.3) is 0 Å². The van der Waals surface area contributed by atoms with Gasteiger partial charge < -0.3 is 4.74 Å². The average Bonchev–Trinajstić information content (AvgIpc) is 2.68. The minimum Gasteiger partial charge on any atom is -0.492 e. The number of fused-ring (bicyclic) bond motifs is 2. The fraction of sp³-hybridized carbons (Fsp3) is 0.667. The van der Waals surface area contributed by atoms with E-state index in [1.807, 2.05) is 19.1 Å². The molecule has 1 aromatic heterocycles. The molecule has 2 saturated heterocycles. The molecule has 0 aliphatic carbocycles. The van der Waals surface area contributed by atoms with E-state index in [-0.39, 0.29) is 18.1 Å². The number of piperazine rings is 1. The van der Waals surface area contributed by atoms with Crippen LogP contribution in [0.2, 0.25) is 0 Å². The van der Waals surface area contributed by atoms with Crippen molar-refractivity contribution in [2.75, 3.05) is 26.5 Å². The van der Waals surface area contributed by atoms with Gasteiger partial charge in [-0.2, -0.15) is 4.31 Å². The quantitative estimate of drug-likeness (QED) is 0.820. The van der Waals surface area contributed by atoms with E-state index in [1.54, 1.807) is 16.7 Å². The van der Waals surface area contributed by atoms with E-state index in [4.69, 9.17) is 4.74 Å². The first-order chi connectivity index (χ1) is 10.4. The Balaban J connectivity index is 1.73. The Morgan fingerprint density at radius 3 is 2.86 bits per heavy atom. The summed E-state index contributed by atoms with van der Waals surface area (Å²) in [5.41, 5.74) is 0. The van der Waals surface area contributed by atoms with Crippen molar-refractivity contribution in [2.45, 2.75) is 31.5 Å². The molecule has 1 aromatic rings. The fourth-order valence-corrected chi connectivity index (χ4v) is 5.12. The summed E-state index contributed by atoms with van der Waals surface area (Å²) in [6.45, 7) is 3.18. The Hall–Kier alpha value is -1.18. The van der Waals surface area contributed by atoms with Gasteiger partial charge in [0.2, 0.25) is 10.0 Å². The van der Waals surface area contributed by atoms with Gasteiger partial charge in [-0.1, -0.05) is 0 Å². The number of aromatic nitrogens is 1. The molecule has 22 heavy (non-hydrogen) atoms. The summed E-state index contributed by atoms with van der Waals surface area (Å²) in [6, 6.07) is 4.19. The van der Waals surface area contributed by atoms with E-state index in [1.165, 1.54) is 6.26 Å². The molecule has 0 saturated carbocycles. The van der Waals surface area contributed by atoms with Crippen molar-refractivity contribution in [3.05, 3.63) is 24.5 Å². The average molecular weight is 325 g/mol. The molecule has 0 radical (unpaired) electrons. The van der Waals surface area contributed by atoms with Crippen LogP contribution < -0.4 is 4.74 Å². The highest BCUT2D eigenvalue weighted by molar-refractivity contribution is 7.88. The van der Waals surface area contributed by atoms with Crippen molar-refractivity contribution in [2.24, 2.45) is 5.92 Å². The minimum atomic E-state index is -3.16. The summed E-state index contributed by atoms with van der Waals surface area (Å²) < 4.78 is 31.5. The van der Waals surface area contributed by atoms with Gasteiger partial charge in [-0.05, 0) is 32.5 Å². The van der Waals surface area contributed by atoms with Crippen LogP contribution in [0.1, 0.15) is 13.3 Å². The smallest absolute Gasteiger partial charge is 0.211 e. The van der Waals surface area contributed by atoms with Crippen LogP contribution in [0.4, 0.5) is 0 Å². The molecule has 2 aliphatic rings. The van der Waals surface area contributed by atoms with E-state index in [0.29, 0.717) is 19.1 Å². The molecule has 3 rings (SSSR count). The van der Waals surface area contributed by atoms with Crippen LogP contribution in [0.15, 0.2) is 24.5 Å². The van der Waals surface area contributed by atoms with E-state index >= 15 is 0 Å². The fourth-order valence-electron chi connectivity index (χ4n) is 3.95. The summed E-state index contributed by atoms with van der Waals surface area (Å²) in [5.74, 6) is 1.09. The third-order valence-corrected chi connectivity index (χ3v) is 6.30. The van der Waals surface area contributed by atoms with Crippen LogP contribution in [-0.4, -0.2) is 67.2 Å². The maximum atomic E-state index is 12.0. The van der Waals surface area contributed by atoms with E-state index in [0.717, 1.165) is 12.2 Å². The van der Waals surface area contributed by atoms with E-state index in [9.17, 15) is 8.42 Å². The van der Waals surface area contributed by atoms with Gasteiger partial charge >= 0.3 is 0 Å². The highest BCUT2D eigenvalue weighted by Gasteiger charge is 2.50. The summed E-state index contributed by atoms with van der Waals surface area (Å²) in [5, 5.41) is 0. The summed E-state index contributed by atoms with van der Waals surface area (Å²) in [7, 11) is -1.07. The predicted octanol–water partition coefficient (Wildman–Crippen LogP) is 0.813. The molecule has 7 heteroatoms. The second-order valence-corrected chi connectivity index (χ2v) is 8.31. The maximum Gasteiger partial charge on any atom is 0.211 e. The molecule has 2 bridgehead atoms. The standard InChI is InChI=1S/C15H23N3O3S/c1-11-15-12(10-21-14-5-4-6-16-8-14)7-13(17(15)2)9-18(11)22(3,19)20/h4-6,8,11-13,15H,7,9-10H2,1-3H3/t11?,12-,13-,15-/m1/s1. The van der Waals surface area contributed by atoms with Crippen LogP contribution in [-0.2, 0) is 10.0 Å². The minimum absolute atomic E-state index is 0.0266. The van der Waals surface area contributed by atoms with Gasteiger partial charge in [-0.3, -0.25) is 9.88 Å². The zero-order chi connectivity index (χ0) is 15.9. The number of hydrogen-bond donors (Lipinski definition) is 0. The van der Waals surface area contributed by atoms with Crippen molar-refractivity contribution < 1.29 is 13.2 Å². The number of sulfonamides is 1. The summed E-state index contributed by atoms with van der Waals surface area (Å²) in [6.07, 6.45) is 5.69. The third kappa shape index (κ3) is 2.85. The first-order valence-electron chi connectivity index (χ1n) is 7.59. The van der Waals surface area contributed by atoms with Crippen molar-refractivity contribution >= 4 is 10.0 Å². The predicted molar refractivity (Wildman–Crippen MR) is 84.2 cm³/mol. The first kappa shape index (κ1) is 15.7. The Morgan fingerprint density at radius 1 is 1.45 bits per heavy atom. The van der Waals surface area contributed by atoms with Crippen LogP contribution in [0.3, 0.4) is 0 Å². The van der Waals surface area contributed by atoms with E-state index < -0.39 is 10.0 Å². The molecule has 3 heterocycles. The topological polar surface area (TPSA) is 62.7 Å². The van der Waals surface area contributed by atoms with Crippen LogP contribution >= 0.6 is 0 Å². The molecule has 0 N–H and O–H groups in total. The van der Waals surface area contributed by atoms with Gasteiger partial charge in [-0.25, -0.2) is 8.42 Å². The van der Waals surface area contributed by atoms with Crippen molar-refractivity contribution in [3.63, 3.8) is 0 Å². The second kappa shape index (κ2) is 5.79. The summed E-state index contributed by atoms with van der Waals surface area (Å²) in [4.78, 5) is 6.37. The lowest BCUT2D eigenvalue weighted by molar-refractivity contribution is 0.0743. The largest absolute Gasteiger partial charge is 0.492 e. The molecule has 122 valence electrons. The van der Waals surface area contributed by atoms with Crippen LogP contribution in [0, 0.1) is 5.92 Å². The van der Waals surface area contributed by atoms with Gasteiger partial charge in [0.1, 0.15) is 5.75 Å². The molecule has 6 nitrogen and oxygen atoms in total. The highest BCUT2D eigenvalue weighted by Crippen LogP contribution is 2.38. The molecule has 0 spiro atoms. The first-order valence-corrected chi connectivity index (χ1v) is 9.44. The highest BCUT2D eigenvalue weighted by atomic mass is 32.2. The van der Waals surface area contributed by atoms with E-state index in [2.05, 4.69) is 16.9 Å². The number of likely N-dealkylation sites (N-methyl/N-ethyl adjacent to an activating group) is 1. The van der Waals surface area contributed by atoms with Gasteiger partial charge in [-0.15, -0.1) is 0 Å². The van der Waals surface area contributed by atoms with Crippen LogP contribution in [0.5, 0.6) is 5.75 Å². The SMILES string of the molecule is CC1[C@@H]2[C@@H](COc3cccnc3)C[C@H](CN1S(C)(=O)=O)N2C. The molecule has 1 unspecified atom stereocenters. The van der Waals surface area contributed by atoms with Gasteiger partial charge in [0, 0.05) is 36.8 Å². The third-order valence-electron chi connectivity index (χ3n) is 4.97. The molecular formula is C15H23N3O3S. The van der Waals surface area contributed by atoms with Crippen molar-refractivity contribution in [1.82, 2.24) is 14.2 Å². The van der Waals surface area contributed by atoms with Gasteiger partial charge in [0.25, 0.3) is 0 Å². The monoisotopic (exact) mass is 325 g/mol. The number of nitrogens with zero attached hydrogens (tertiary/aromatic N) is 3. The molecule has 2 aliphatic heterocycles. The number of hydrogen-bond acceptors (Lipinski definition) is 5. The Morgan fingerprint density at radius 2 is 2.23 bits per heavy atom. The lowest BCUT2D eigenvalue weighted by Gasteiger charge is -2.43. The summed E-state index contributed by atoms with van der Waals surface area (Å²) >= 11 is 0. The lowest BCUT2D eigenvalue weighted by Crippen LogP contribution is -2.59. The number of rotatable bonds is 4.